The highest BCUT2D eigenvalue weighted by Crippen LogP contribution is 2.23. The van der Waals surface area contributed by atoms with Gasteiger partial charge in [0.2, 0.25) is 0 Å². The van der Waals surface area contributed by atoms with E-state index in [0.717, 1.165) is 11.3 Å². The molecule has 130 valence electrons. The van der Waals surface area contributed by atoms with E-state index in [2.05, 4.69) is 15.5 Å². The molecule has 2 heterocycles. The molecule has 0 radical (unpaired) electrons. The number of benzene rings is 1. The number of rotatable bonds is 4. The van der Waals surface area contributed by atoms with Crippen LogP contribution in [0.5, 0.6) is 0 Å². The number of carbonyl (C=O) groups excluding carboxylic acids is 1. The van der Waals surface area contributed by atoms with Crippen LogP contribution in [0.25, 0.3) is 0 Å². The molecule has 3 aromatic rings. The molecule has 25 heavy (non-hydrogen) atoms. The van der Waals surface area contributed by atoms with Crippen molar-refractivity contribution in [3.63, 3.8) is 0 Å². The van der Waals surface area contributed by atoms with Crippen LogP contribution in [0.2, 0.25) is 10.0 Å². The summed E-state index contributed by atoms with van der Waals surface area (Å²) in [6.07, 6.45) is 1.68. The molecule has 0 bridgehead atoms. The second kappa shape index (κ2) is 6.90. The van der Waals surface area contributed by atoms with Gasteiger partial charge in [0.15, 0.2) is 5.82 Å². The second-order valence-electron chi connectivity index (χ2n) is 5.83. The average Bonchev–Trinajstić information content (AvgIpc) is 3.05. The van der Waals surface area contributed by atoms with Crippen molar-refractivity contribution < 1.29 is 4.79 Å². The molecule has 0 aliphatic rings. The van der Waals surface area contributed by atoms with Crippen molar-refractivity contribution in [3.05, 3.63) is 63.0 Å². The molecular weight excluding hydrogens is 361 g/mol. The Bertz CT molecular complexity index is 945. The zero-order chi connectivity index (χ0) is 18.1. The van der Waals surface area contributed by atoms with Crippen molar-refractivity contribution in [1.82, 2.24) is 19.6 Å². The summed E-state index contributed by atoms with van der Waals surface area (Å²) in [5, 5.41) is 12.4. The van der Waals surface area contributed by atoms with Crippen molar-refractivity contribution in [1.29, 1.82) is 0 Å². The Morgan fingerprint density at radius 2 is 1.92 bits per heavy atom. The summed E-state index contributed by atoms with van der Waals surface area (Å²) in [6.45, 7) is 4.25. The first kappa shape index (κ1) is 17.5. The zero-order valence-corrected chi connectivity index (χ0v) is 15.6. The minimum atomic E-state index is -0.232. The quantitative estimate of drug-likeness (QED) is 0.750. The lowest BCUT2D eigenvalue weighted by Crippen LogP contribution is -2.13. The third-order valence-electron chi connectivity index (χ3n) is 3.80. The molecule has 1 aromatic carbocycles. The summed E-state index contributed by atoms with van der Waals surface area (Å²) in [4.78, 5) is 12.4. The summed E-state index contributed by atoms with van der Waals surface area (Å²) in [7, 11) is 1.78. The van der Waals surface area contributed by atoms with Crippen LogP contribution in [-0.4, -0.2) is 25.5 Å². The number of anilines is 1. The van der Waals surface area contributed by atoms with Gasteiger partial charge < -0.3 is 5.32 Å². The Morgan fingerprint density at radius 1 is 1.16 bits per heavy atom. The lowest BCUT2D eigenvalue weighted by molar-refractivity contribution is 0.102. The van der Waals surface area contributed by atoms with Crippen LogP contribution in [0.15, 0.2) is 30.5 Å². The number of amides is 1. The van der Waals surface area contributed by atoms with Crippen molar-refractivity contribution in [2.24, 2.45) is 7.05 Å². The van der Waals surface area contributed by atoms with Crippen LogP contribution >= 0.6 is 23.2 Å². The van der Waals surface area contributed by atoms with Crippen LogP contribution in [0.3, 0.4) is 0 Å². The van der Waals surface area contributed by atoms with Gasteiger partial charge in [-0.2, -0.15) is 10.2 Å². The molecule has 2 aromatic heterocycles. The summed E-state index contributed by atoms with van der Waals surface area (Å²) in [6, 6.07) is 7.28. The molecule has 8 heteroatoms. The Labute approximate surface area is 155 Å². The first-order valence-electron chi connectivity index (χ1n) is 7.63. The first-order chi connectivity index (χ1) is 11.8. The molecule has 3 rings (SSSR count). The Morgan fingerprint density at radius 3 is 2.56 bits per heavy atom. The lowest BCUT2D eigenvalue weighted by Gasteiger charge is -2.06. The predicted octanol–water partition coefficient (Wildman–Crippen LogP) is 3.84. The maximum Gasteiger partial charge on any atom is 0.260 e. The minimum Gasteiger partial charge on any atom is -0.305 e. The normalized spacial score (nSPS) is 10.9. The van der Waals surface area contributed by atoms with Gasteiger partial charge >= 0.3 is 0 Å². The van der Waals surface area contributed by atoms with E-state index in [1.807, 2.05) is 25.1 Å². The molecule has 1 N–H and O–H groups in total. The average molecular weight is 378 g/mol. The summed E-state index contributed by atoms with van der Waals surface area (Å²) >= 11 is 12.0. The van der Waals surface area contributed by atoms with Crippen molar-refractivity contribution in [2.45, 2.75) is 20.4 Å². The van der Waals surface area contributed by atoms with Gasteiger partial charge in [-0.1, -0.05) is 29.3 Å². The molecular formula is C17H17Cl2N5O. The summed E-state index contributed by atoms with van der Waals surface area (Å²) in [5.41, 5.74) is 3.09. The molecule has 0 fully saturated rings. The van der Waals surface area contributed by atoms with Gasteiger partial charge in [-0.25, -0.2) is 0 Å². The number of aryl methyl sites for hydroxylation is 3. The molecule has 0 aliphatic carbocycles. The molecule has 0 spiro atoms. The van der Waals surface area contributed by atoms with E-state index in [9.17, 15) is 4.79 Å². The topological polar surface area (TPSA) is 64.7 Å². The molecule has 6 nitrogen and oxygen atoms in total. The third-order valence-corrected chi connectivity index (χ3v) is 4.54. The Kier molecular flexibility index (Phi) is 4.83. The van der Waals surface area contributed by atoms with Crippen LogP contribution < -0.4 is 5.32 Å². The van der Waals surface area contributed by atoms with E-state index < -0.39 is 0 Å². The third kappa shape index (κ3) is 3.86. The molecule has 1 amide bonds. The summed E-state index contributed by atoms with van der Waals surface area (Å²) in [5.74, 6) is 0.260. The number of nitrogens with zero attached hydrogens (tertiary/aromatic N) is 4. The maximum absolute atomic E-state index is 12.4. The number of carbonyl (C=O) groups is 1. The van der Waals surface area contributed by atoms with E-state index in [4.69, 9.17) is 23.2 Å². The fourth-order valence-corrected chi connectivity index (χ4v) is 2.87. The fraction of sp³-hybridized carbons (Fsp3) is 0.235. The van der Waals surface area contributed by atoms with E-state index in [1.165, 1.54) is 0 Å². The number of aromatic nitrogens is 4. The number of halogens is 2. The smallest absolute Gasteiger partial charge is 0.260 e. The van der Waals surface area contributed by atoms with Gasteiger partial charge in [0.25, 0.3) is 5.91 Å². The summed E-state index contributed by atoms with van der Waals surface area (Å²) < 4.78 is 3.41. The van der Waals surface area contributed by atoms with Gasteiger partial charge in [-0.05, 0) is 31.5 Å². The highest BCUT2D eigenvalue weighted by atomic mass is 35.5. The minimum absolute atomic E-state index is 0.232. The van der Waals surface area contributed by atoms with E-state index in [1.54, 1.807) is 35.6 Å². The van der Waals surface area contributed by atoms with Gasteiger partial charge in [-0.3, -0.25) is 14.2 Å². The second-order valence-corrected chi connectivity index (χ2v) is 6.65. The lowest BCUT2D eigenvalue weighted by atomic mass is 10.2. The van der Waals surface area contributed by atoms with Gasteiger partial charge in [0, 0.05) is 25.0 Å². The van der Waals surface area contributed by atoms with Gasteiger partial charge in [0.1, 0.15) is 0 Å². The van der Waals surface area contributed by atoms with Crippen LogP contribution in [0.1, 0.15) is 27.3 Å². The Hall–Kier alpha value is -2.31. The molecule has 0 unspecified atom stereocenters. The molecule has 0 aliphatic heterocycles. The molecule has 0 saturated carbocycles. The zero-order valence-electron chi connectivity index (χ0n) is 14.0. The first-order valence-corrected chi connectivity index (χ1v) is 8.39. The number of hydrogen-bond donors (Lipinski definition) is 1. The standard InChI is InChI=1S/C17H17Cl2N5O/c1-10-6-16(20-17(25)13-9-23(3)21-11(13)2)22-24(10)8-12-4-5-14(18)15(19)7-12/h4-7,9H,8H2,1-3H3,(H,20,22,25). The van der Waals surface area contributed by atoms with Gasteiger partial charge in [-0.15, -0.1) is 0 Å². The molecule has 0 atom stereocenters. The fourth-order valence-electron chi connectivity index (χ4n) is 2.55. The maximum atomic E-state index is 12.4. The highest BCUT2D eigenvalue weighted by molar-refractivity contribution is 6.42. The van der Waals surface area contributed by atoms with Crippen molar-refractivity contribution >= 4 is 34.9 Å². The van der Waals surface area contributed by atoms with E-state index in [0.29, 0.717) is 33.7 Å². The van der Waals surface area contributed by atoms with Gasteiger partial charge in [0.05, 0.1) is 27.8 Å². The van der Waals surface area contributed by atoms with E-state index in [-0.39, 0.29) is 5.91 Å². The predicted molar refractivity (Wildman–Crippen MR) is 98.4 cm³/mol. The number of nitrogens with one attached hydrogen (secondary N) is 1. The number of hydrogen-bond acceptors (Lipinski definition) is 3. The van der Waals surface area contributed by atoms with Crippen LogP contribution in [0, 0.1) is 13.8 Å². The Balaban J connectivity index is 1.77. The SMILES string of the molecule is Cc1nn(C)cc1C(=O)Nc1cc(C)n(Cc2ccc(Cl)c(Cl)c2)n1. The van der Waals surface area contributed by atoms with Crippen LogP contribution in [-0.2, 0) is 13.6 Å². The largest absolute Gasteiger partial charge is 0.305 e. The van der Waals surface area contributed by atoms with E-state index >= 15 is 0 Å². The van der Waals surface area contributed by atoms with Crippen molar-refractivity contribution in [3.8, 4) is 0 Å². The van der Waals surface area contributed by atoms with Crippen molar-refractivity contribution in [2.75, 3.05) is 5.32 Å². The highest BCUT2D eigenvalue weighted by Gasteiger charge is 2.15. The monoisotopic (exact) mass is 377 g/mol. The molecule has 0 saturated heterocycles. The van der Waals surface area contributed by atoms with Crippen LogP contribution in [0.4, 0.5) is 5.82 Å².